The molecule has 1 aliphatic rings. The second kappa shape index (κ2) is 7.34. The molecule has 0 amide bonds. The van der Waals surface area contributed by atoms with Crippen LogP contribution in [0.5, 0.6) is 0 Å². The molecule has 1 aromatic heterocycles. The van der Waals surface area contributed by atoms with Crippen molar-refractivity contribution in [1.82, 2.24) is 9.88 Å². The van der Waals surface area contributed by atoms with Crippen molar-refractivity contribution in [1.29, 1.82) is 0 Å². The van der Waals surface area contributed by atoms with Gasteiger partial charge in [-0.2, -0.15) is 0 Å². The van der Waals surface area contributed by atoms with Crippen molar-refractivity contribution < 1.29 is 0 Å². The van der Waals surface area contributed by atoms with E-state index in [1.165, 1.54) is 25.9 Å². The van der Waals surface area contributed by atoms with Crippen molar-refractivity contribution in [3.63, 3.8) is 0 Å². The first kappa shape index (κ1) is 15.7. The van der Waals surface area contributed by atoms with Crippen LogP contribution in [0.25, 0.3) is 0 Å². The van der Waals surface area contributed by atoms with Crippen LogP contribution >= 0.6 is 23.2 Å². The molecule has 0 spiro atoms. The minimum atomic E-state index is 0.535. The van der Waals surface area contributed by atoms with Gasteiger partial charge < -0.3 is 15.5 Å². The Balaban J connectivity index is 1.89. The molecule has 0 saturated carbocycles. The van der Waals surface area contributed by atoms with Gasteiger partial charge in [-0.05, 0) is 37.9 Å². The fourth-order valence-corrected chi connectivity index (χ4v) is 3.03. The highest BCUT2D eigenvalue weighted by atomic mass is 35.5. The summed E-state index contributed by atoms with van der Waals surface area (Å²) in [5.74, 6) is 1.89. The van der Waals surface area contributed by atoms with Gasteiger partial charge in [-0.3, -0.25) is 0 Å². The Morgan fingerprint density at radius 3 is 2.55 bits per heavy atom. The normalized spacial score (nSPS) is 17.2. The second-order valence-electron chi connectivity index (χ2n) is 5.39. The number of hydrogen-bond acceptors (Lipinski definition) is 4. The van der Waals surface area contributed by atoms with Crippen LogP contribution in [0.1, 0.15) is 19.8 Å². The lowest BCUT2D eigenvalue weighted by atomic mass is 10.1. The van der Waals surface area contributed by atoms with Crippen molar-refractivity contribution in [2.45, 2.75) is 19.8 Å². The minimum absolute atomic E-state index is 0.535. The van der Waals surface area contributed by atoms with E-state index in [0.717, 1.165) is 13.1 Å². The predicted molar refractivity (Wildman–Crippen MR) is 87.1 cm³/mol. The molecule has 1 saturated heterocycles. The van der Waals surface area contributed by atoms with Crippen molar-refractivity contribution in [3.05, 3.63) is 16.1 Å². The summed E-state index contributed by atoms with van der Waals surface area (Å²) in [4.78, 5) is 6.91. The van der Waals surface area contributed by atoms with Gasteiger partial charge in [0.05, 0.1) is 10.0 Å². The maximum Gasteiger partial charge on any atom is 0.147 e. The summed E-state index contributed by atoms with van der Waals surface area (Å²) in [6.07, 6.45) is 2.66. The molecule has 0 radical (unpaired) electrons. The van der Waals surface area contributed by atoms with Crippen LogP contribution < -0.4 is 10.6 Å². The van der Waals surface area contributed by atoms with Gasteiger partial charge in [0.2, 0.25) is 0 Å². The lowest BCUT2D eigenvalue weighted by molar-refractivity contribution is 0.294. The SMILES string of the molecule is CNc1nc(NCC(C)CN2CCCC2)c(Cl)cc1Cl. The molecule has 1 aliphatic heterocycles. The first-order valence-electron chi connectivity index (χ1n) is 7.10. The molecule has 1 fully saturated rings. The number of hydrogen-bond donors (Lipinski definition) is 2. The Morgan fingerprint density at radius 1 is 1.25 bits per heavy atom. The van der Waals surface area contributed by atoms with E-state index in [9.17, 15) is 0 Å². The van der Waals surface area contributed by atoms with Crippen molar-refractivity contribution in [2.75, 3.05) is 43.9 Å². The first-order valence-corrected chi connectivity index (χ1v) is 7.85. The molecule has 6 heteroatoms. The fraction of sp³-hybridized carbons (Fsp3) is 0.643. The summed E-state index contributed by atoms with van der Waals surface area (Å²) in [5.41, 5.74) is 0. The summed E-state index contributed by atoms with van der Waals surface area (Å²) in [6, 6.07) is 1.72. The van der Waals surface area contributed by atoms with E-state index >= 15 is 0 Å². The Kier molecular flexibility index (Phi) is 5.75. The lowest BCUT2D eigenvalue weighted by Gasteiger charge is -2.21. The molecule has 112 valence electrons. The summed E-state index contributed by atoms with van der Waals surface area (Å²) < 4.78 is 0. The van der Waals surface area contributed by atoms with Crippen LogP contribution in [0.2, 0.25) is 10.0 Å². The van der Waals surface area contributed by atoms with Crippen LogP contribution in [0.15, 0.2) is 6.07 Å². The van der Waals surface area contributed by atoms with Crippen LogP contribution in [-0.2, 0) is 0 Å². The van der Waals surface area contributed by atoms with Crippen molar-refractivity contribution >= 4 is 34.8 Å². The third kappa shape index (κ3) is 4.14. The third-order valence-electron chi connectivity index (χ3n) is 3.55. The van der Waals surface area contributed by atoms with E-state index < -0.39 is 0 Å². The smallest absolute Gasteiger partial charge is 0.147 e. The van der Waals surface area contributed by atoms with E-state index in [-0.39, 0.29) is 0 Å². The van der Waals surface area contributed by atoms with Crippen LogP contribution in [0.4, 0.5) is 11.6 Å². The molecular weight excluding hydrogens is 295 g/mol. The second-order valence-corrected chi connectivity index (χ2v) is 6.21. The molecule has 1 aromatic rings. The fourth-order valence-electron chi connectivity index (χ4n) is 2.51. The molecule has 1 unspecified atom stereocenters. The topological polar surface area (TPSA) is 40.2 Å². The van der Waals surface area contributed by atoms with Crippen LogP contribution in [0, 0.1) is 5.92 Å². The highest BCUT2D eigenvalue weighted by molar-refractivity contribution is 6.37. The van der Waals surface area contributed by atoms with Gasteiger partial charge in [-0.25, -0.2) is 4.98 Å². The number of nitrogens with zero attached hydrogens (tertiary/aromatic N) is 2. The molecule has 4 nitrogen and oxygen atoms in total. The zero-order chi connectivity index (χ0) is 14.5. The lowest BCUT2D eigenvalue weighted by Crippen LogP contribution is -2.29. The number of aromatic nitrogens is 1. The van der Waals surface area contributed by atoms with E-state index in [4.69, 9.17) is 23.2 Å². The highest BCUT2D eigenvalue weighted by Gasteiger charge is 2.15. The standard InChI is InChI=1S/C14H22Cl2N4/c1-10(9-20-5-3-4-6-20)8-18-14-12(16)7-11(15)13(17-2)19-14/h7,10H,3-6,8-9H2,1-2H3,(H2,17,18,19). The van der Waals surface area contributed by atoms with Crippen molar-refractivity contribution in [2.24, 2.45) is 5.92 Å². The molecule has 0 aliphatic carbocycles. The molecule has 2 heterocycles. The number of pyridine rings is 1. The number of nitrogens with one attached hydrogen (secondary N) is 2. The van der Waals surface area contributed by atoms with Gasteiger partial charge in [0.1, 0.15) is 11.6 Å². The monoisotopic (exact) mass is 316 g/mol. The summed E-state index contributed by atoms with van der Waals surface area (Å²) in [6.45, 7) is 6.68. The van der Waals surface area contributed by atoms with Gasteiger partial charge in [-0.1, -0.05) is 30.1 Å². The van der Waals surface area contributed by atoms with Gasteiger partial charge in [0.25, 0.3) is 0 Å². The Morgan fingerprint density at radius 2 is 1.90 bits per heavy atom. The van der Waals surface area contributed by atoms with E-state index in [0.29, 0.717) is 27.6 Å². The number of anilines is 2. The molecule has 1 atom stereocenters. The van der Waals surface area contributed by atoms with Crippen LogP contribution in [0.3, 0.4) is 0 Å². The summed E-state index contributed by atoms with van der Waals surface area (Å²) in [7, 11) is 1.79. The number of likely N-dealkylation sites (tertiary alicyclic amines) is 1. The molecule has 2 N–H and O–H groups in total. The summed E-state index contributed by atoms with van der Waals surface area (Å²) in [5, 5.41) is 7.37. The Bertz CT molecular complexity index is 447. The molecule has 0 aromatic carbocycles. The van der Waals surface area contributed by atoms with Gasteiger partial charge >= 0.3 is 0 Å². The first-order chi connectivity index (χ1) is 9.60. The summed E-state index contributed by atoms with van der Waals surface area (Å²) >= 11 is 12.2. The quantitative estimate of drug-likeness (QED) is 0.841. The maximum absolute atomic E-state index is 6.16. The molecule has 0 bridgehead atoms. The Hall–Kier alpha value is -0.710. The molecule has 20 heavy (non-hydrogen) atoms. The number of halogens is 2. The average molecular weight is 317 g/mol. The highest BCUT2D eigenvalue weighted by Crippen LogP contribution is 2.29. The van der Waals surface area contributed by atoms with Gasteiger partial charge in [0.15, 0.2) is 0 Å². The van der Waals surface area contributed by atoms with E-state index in [1.54, 1.807) is 13.1 Å². The van der Waals surface area contributed by atoms with Crippen molar-refractivity contribution in [3.8, 4) is 0 Å². The van der Waals surface area contributed by atoms with Gasteiger partial charge in [-0.15, -0.1) is 0 Å². The maximum atomic E-state index is 6.16. The minimum Gasteiger partial charge on any atom is -0.372 e. The number of rotatable bonds is 6. The zero-order valence-electron chi connectivity index (χ0n) is 12.0. The van der Waals surface area contributed by atoms with Crippen LogP contribution in [-0.4, -0.2) is 43.1 Å². The van der Waals surface area contributed by atoms with E-state index in [2.05, 4.69) is 27.4 Å². The average Bonchev–Trinajstić information content (AvgIpc) is 2.90. The zero-order valence-corrected chi connectivity index (χ0v) is 13.6. The van der Waals surface area contributed by atoms with E-state index in [1.807, 2.05) is 0 Å². The molecular formula is C14H22Cl2N4. The van der Waals surface area contributed by atoms with Gasteiger partial charge in [0, 0.05) is 20.1 Å². The molecule has 2 rings (SSSR count). The third-order valence-corrected chi connectivity index (χ3v) is 4.13. The predicted octanol–water partition coefficient (Wildman–Crippen LogP) is 3.57. The largest absolute Gasteiger partial charge is 0.372 e. The Labute approximate surface area is 130 Å².